The lowest BCUT2D eigenvalue weighted by atomic mass is 9.65. The summed E-state index contributed by atoms with van der Waals surface area (Å²) in [4.78, 5) is 14.6. The molecular formula is C13H24N2O2. The van der Waals surface area contributed by atoms with E-state index in [0.29, 0.717) is 12.5 Å². The van der Waals surface area contributed by atoms with Crippen LogP contribution in [0.5, 0.6) is 0 Å². The van der Waals surface area contributed by atoms with Crippen LogP contribution in [0.25, 0.3) is 0 Å². The summed E-state index contributed by atoms with van der Waals surface area (Å²) in [5.74, 6) is 0.330. The van der Waals surface area contributed by atoms with Crippen molar-refractivity contribution in [2.75, 3.05) is 26.8 Å². The Morgan fingerprint density at radius 3 is 2.76 bits per heavy atom. The van der Waals surface area contributed by atoms with Crippen LogP contribution in [0, 0.1) is 5.41 Å². The maximum Gasteiger partial charge on any atom is 0.228 e. The quantitative estimate of drug-likeness (QED) is 0.802. The molecule has 0 aromatic carbocycles. The SMILES string of the molecule is COCCC1(C(=O)N2CCCC(N)C2)CCC1. The van der Waals surface area contributed by atoms with Crippen LogP contribution in [0.3, 0.4) is 0 Å². The molecule has 0 aromatic rings. The Morgan fingerprint density at radius 2 is 2.24 bits per heavy atom. The Labute approximate surface area is 103 Å². The van der Waals surface area contributed by atoms with Crippen LogP contribution in [0.15, 0.2) is 0 Å². The molecule has 17 heavy (non-hydrogen) atoms. The van der Waals surface area contributed by atoms with Crippen molar-refractivity contribution in [3.8, 4) is 0 Å². The van der Waals surface area contributed by atoms with Gasteiger partial charge in [-0.2, -0.15) is 0 Å². The third kappa shape index (κ3) is 2.63. The third-order valence-electron chi connectivity index (χ3n) is 4.29. The number of nitrogens with two attached hydrogens (primary N) is 1. The summed E-state index contributed by atoms with van der Waals surface area (Å²) in [5.41, 5.74) is 5.83. The first-order chi connectivity index (χ1) is 8.18. The molecule has 4 nitrogen and oxygen atoms in total. The molecule has 2 aliphatic rings. The van der Waals surface area contributed by atoms with E-state index in [-0.39, 0.29) is 11.5 Å². The van der Waals surface area contributed by atoms with Crippen molar-refractivity contribution in [2.45, 2.75) is 44.6 Å². The monoisotopic (exact) mass is 240 g/mol. The molecule has 4 heteroatoms. The molecule has 1 aliphatic carbocycles. The summed E-state index contributed by atoms with van der Waals surface area (Å²) in [6.07, 6.45) is 6.20. The second-order valence-electron chi connectivity index (χ2n) is 5.53. The number of carbonyl (C=O) groups excluding carboxylic acids is 1. The van der Waals surface area contributed by atoms with Crippen LogP contribution >= 0.6 is 0 Å². The summed E-state index contributed by atoms with van der Waals surface area (Å²) < 4.78 is 5.14. The molecule has 2 fully saturated rings. The van der Waals surface area contributed by atoms with Crippen molar-refractivity contribution in [1.29, 1.82) is 0 Å². The van der Waals surface area contributed by atoms with Gasteiger partial charge in [-0.25, -0.2) is 0 Å². The van der Waals surface area contributed by atoms with E-state index in [1.54, 1.807) is 7.11 Å². The summed E-state index contributed by atoms with van der Waals surface area (Å²) in [6.45, 7) is 2.32. The summed E-state index contributed by atoms with van der Waals surface area (Å²) in [6, 6.07) is 0.173. The van der Waals surface area contributed by atoms with Crippen molar-refractivity contribution in [3.05, 3.63) is 0 Å². The van der Waals surface area contributed by atoms with Crippen LogP contribution in [0.2, 0.25) is 0 Å². The molecular weight excluding hydrogens is 216 g/mol. The second kappa shape index (κ2) is 5.36. The Morgan fingerprint density at radius 1 is 1.47 bits per heavy atom. The molecule has 2 rings (SSSR count). The maximum atomic E-state index is 12.6. The summed E-state index contributed by atoms with van der Waals surface area (Å²) in [5, 5.41) is 0. The van der Waals surface area contributed by atoms with E-state index >= 15 is 0 Å². The Balaban J connectivity index is 1.96. The van der Waals surface area contributed by atoms with Crippen molar-refractivity contribution in [3.63, 3.8) is 0 Å². The lowest BCUT2D eigenvalue weighted by Gasteiger charge is -2.45. The lowest BCUT2D eigenvalue weighted by molar-refractivity contribution is -0.150. The van der Waals surface area contributed by atoms with Gasteiger partial charge in [-0.1, -0.05) is 6.42 Å². The molecule has 2 N–H and O–H groups in total. The minimum absolute atomic E-state index is 0.118. The Kier molecular flexibility index (Phi) is 4.05. The standard InChI is InChI=1S/C13H24N2O2/c1-17-9-7-13(5-3-6-13)12(16)15-8-2-4-11(14)10-15/h11H,2-10,14H2,1H3. The summed E-state index contributed by atoms with van der Waals surface area (Å²) >= 11 is 0. The number of amides is 1. The third-order valence-corrected chi connectivity index (χ3v) is 4.29. The van der Waals surface area contributed by atoms with Crippen molar-refractivity contribution in [2.24, 2.45) is 11.1 Å². The van der Waals surface area contributed by atoms with Crippen LogP contribution in [0.4, 0.5) is 0 Å². The van der Waals surface area contributed by atoms with Gasteiger partial charge < -0.3 is 15.4 Å². The van der Waals surface area contributed by atoms with Gasteiger partial charge in [-0.15, -0.1) is 0 Å². The Hall–Kier alpha value is -0.610. The fourth-order valence-electron chi connectivity index (χ4n) is 3.00. The second-order valence-corrected chi connectivity index (χ2v) is 5.53. The van der Waals surface area contributed by atoms with Crippen molar-refractivity contribution in [1.82, 2.24) is 4.90 Å². The number of hydrogen-bond donors (Lipinski definition) is 1. The van der Waals surface area contributed by atoms with Gasteiger partial charge in [0, 0.05) is 32.8 Å². The molecule has 1 amide bonds. The van der Waals surface area contributed by atoms with Crippen molar-refractivity contribution >= 4 is 5.91 Å². The molecule has 1 heterocycles. The number of likely N-dealkylation sites (tertiary alicyclic amines) is 1. The molecule has 0 spiro atoms. The largest absolute Gasteiger partial charge is 0.385 e. The highest BCUT2D eigenvalue weighted by molar-refractivity contribution is 5.83. The normalized spacial score (nSPS) is 27.6. The minimum Gasteiger partial charge on any atom is -0.385 e. The number of methoxy groups -OCH3 is 1. The number of nitrogens with zero attached hydrogens (tertiary/aromatic N) is 1. The minimum atomic E-state index is -0.118. The van der Waals surface area contributed by atoms with E-state index in [2.05, 4.69) is 0 Å². The van der Waals surface area contributed by atoms with Gasteiger partial charge in [0.05, 0.1) is 5.41 Å². The molecule has 0 bridgehead atoms. The van der Waals surface area contributed by atoms with E-state index < -0.39 is 0 Å². The molecule has 1 saturated carbocycles. The average Bonchev–Trinajstić information content (AvgIpc) is 2.27. The van der Waals surface area contributed by atoms with Crippen LogP contribution in [-0.4, -0.2) is 43.7 Å². The molecule has 98 valence electrons. The number of piperidine rings is 1. The van der Waals surface area contributed by atoms with Gasteiger partial charge >= 0.3 is 0 Å². The van der Waals surface area contributed by atoms with Gasteiger partial charge in [0.25, 0.3) is 0 Å². The van der Waals surface area contributed by atoms with E-state index in [0.717, 1.165) is 45.2 Å². The molecule has 1 unspecified atom stereocenters. The molecule has 0 radical (unpaired) electrons. The van der Waals surface area contributed by atoms with Gasteiger partial charge in [0.15, 0.2) is 0 Å². The lowest BCUT2D eigenvalue weighted by Crippen LogP contribution is -2.53. The Bertz CT molecular complexity index is 277. The number of rotatable bonds is 4. The predicted octanol–water partition coefficient (Wildman–Crippen LogP) is 1.14. The highest BCUT2D eigenvalue weighted by Gasteiger charge is 2.46. The van der Waals surface area contributed by atoms with E-state index in [1.807, 2.05) is 4.90 Å². The van der Waals surface area contributed by atoms with Gasteiger partial charge in [0.1, 0.15) is 0 Å². The van der Waals surface area contributed by atoms with Gasteiger partial charge in [0.2, 0.25) is 5.91 Å². The first kappa shape index (κ1) is 12.8. The van der Waals surface area contributed by atoms with Gasteiger partial charge in [-0.05, 0) is 32.1 Å². The average molecular weight is 240 g/mol. The van der Waals surface area contributed by atoms with Crippen molar-refractivity contribution < 1.29 is 9.53 Å². The first-order valence-corrected chi connectivity index (χ1v) is 6.72. The van der Waals surface area contributed by atoms with Crippen LogP contribution in [-0.2, 0) is 9.53 Å². The van der Waals surface area contributed by atoms with E-state index in [9.17, 15) is 4.79 Å². The molecule has 1 atom stereocenters. The van der Waals surface area contributed by atoms with E-state index in [1.165, 1.54) is 6.42 Å². The van der Waals surface area contributed by atoms with Crippen LogP contribution < -0.4 is 5.73 Å². The summed E-state index contributed by atoms with van der Waals surface area (Å²) in [7, 11) is 1.70. The number of ether oxygens (including phenoxy) is 1. The smallest absolute Gasteiger partial charge is 0.228 e. The highest BCUT2D eigenvalue weighted by atomic mass is 16.5. The van der Waals surface area contributed by atoms with E-state index in [4.69, 9.17) is 10.5 Å². The topological polar surface area (TPSA) is 55.6 Å². The molecule has 0 aromatic heterocycles. The number of hydrogen-bond acceptors (Lipinski definition) is 3. The predicted molar refractivity (Wildman–Crippen MR) is 66.6 cm³/mol. The van der Waals surface area contributed by atoms with Crippen LogP contribution in [0.1, 0.15) is 38.5 Å². The maximum absolute atomic E-state index is 12.6. The zero-order chi connectivity index (χ0) is 12.3. The fourth-order valence-corrected chi connectivity index (χ4v) is 3.00. The van der Waals surface area contributed by atoms with Gasteiger partial charge in [-0.3, -0.25) is 4.79 Å². The zero-order valence-electron chi connectivity index (χ0n) is 10.8. The fraction of sp³-hybridized carbons (Fsp3) is 0.923. The zero-order valence-corrected chi connectivity index (χ0v) is 10.8. The highest BCUT2D eigenvalue weighted by Crippen LogP contribution is 2.45. The molecule has 1 saturated heterocycles. The first-order valence-electron chi connectivity index (χ1n) is 6.72. The number of carbonyl (C=O) groups is 1. The molecule has 1 aliphatic heterocycles.